The number of hydrogen-bond donors (Lipinski definition) is 2. The first-order valence-corrected chi connectivity index (χ1v) is 10.8. The first kappa shape index (κ1) is 23.3. The molecule has 2 fully saturated rings. The van der Waals surface area contributed by atoms with Crippen molar-refractivity contribution in [3.8, 4) is 11.5 Å². The SMILES string of the molecule is C=CCC(F)(F)Oc1ccccc1OC1CN(C(=O)N[C@H]2CC[C@H](C(C)(C)O)CC2)C1. The van der Waals surface area contributed by atoms with Gasteiger partial charge < -0.3 is 24.8 Å². The second kappa shape index (κ2) is 9.42. The van der Waals surface area contributed by atoms with Gasteiger partial charge in [-0.25, -0.2) is 4.79 Å². The maximum atomic E-state index is 13.8. The molecule has 31 heavy (non-hydrogen) atoms. The highest BCUT2D eigenvalue weighted by Crippen LogP contribution is 2.35. The number of urea groups is 1. The number of rotatable bonds is 8. The zero-order valence-electron chi connectivity index (χ0n) is 18.2. The number of para-hydroxylation sites is 2. The molecule has 2 aliphatic rings. The molecule has 1 aromatic rings. The van der Waals surface area contributed by atoms with Gasteiger partial charge in [-0.05, 0) is 57.6 Å². The predicted molar refractivity (Wildman–Crippen MR) is 113 cm³/mol. The number of amides is 2. The topological polar surface area (TPSA) is 71.0 Å². The van der Waals surface area contributed by atoms with E-state index in [4.69, 9.17) is 9.47 Å². The van der Waals surface area contributed by atoms with Crippen molar-refractivity contribution in [1.29, 1.82) is 0 Å². The normalized spacial score (nSPS) is 22.4. The largest absolute Gasteiger partial charge is 0.483 e. The van der Waals surface area contributed by atoms with Crippen LogP contribution in [0.1, 0.15) is 46.0 Å². The molecule has 0 bridgehead atoms. The summed E-state index contributed by atoms with van der Waals surface area (Å²) >= 11 is 0. The van der Waals surface area contributed by atoms with E-state index >= 15 is 0 Å². The predicted octanol–water partition coefficient (Wildman–Crippen LogP) is 4.34. The Morgan fingerprint density at radius 3 is 2.42 bits per heavy atom. The van der Waals surface area contributed by atoms with Crippen LogP contribution >= 0.6 is 0 Å². The van der Waals surface area contributed by atoms with Crippen molar-refractivity contribution in [2.45, 2.75) is 69.8 Å². The summed E-state index contributed by atoms with van der Waals surface area (Å²) in [4.78, 5) is 14.1. The number of likely N-dealkylation sites (tertiary alicyclic amines) is 1. The van der Waals surface area contributed by atoms with Gasteiger partial charge in [0.25, 0.3) is 0 Å². The molecular weight excluding hydrogens is 406 g/mol. The third-order valence-electron chi connectivity index (χ3n) is 5.97. The van der Waals surface area contributed by atoms with Crippen LogP contribution in [0.25, 0.3) is 0 Å². The molecule has 0 unspecified atom stereocenters. The Bertz CT molecular complexity index is 767. The Kier molecular flexibility index (Phi) is 7.09. The summed E-state index contributed by atoms with van der Waals surface area (Å²) in [5, 5.41) is 13.2. The van der Waals surface area contributed by atoms with Crippen molar-refractivity contribution in [3.05, 3.63) is 36.9 Å². The van der Waals surface area contributed by atoms with Gasteiger partial charge in [0, 0.05) is 6.04 Å². The minimum absolute atomic E-state index is 0.0409. The first-order valence-electron chi connectivity index (χ1n) is 10.8. The van der Waals surface area contributed by atoms with Crippen LogP contribution in [0.4, 0.5) is 13.6 Å². The summed E-state index contributed by atoms with van der Waals surface area (Å²) in [5.41, 5.74) is -0.688. The van der Waals surface area contributed by atoms with Gasteiger partial charge in [0.15, 0.2) is 11.5 Å². The van der Waals surface area contributed by atoms with Gasteiger partial charge in [0.2, 0.25) is 0 Å². The lowest BCUT2D eigenvalue weighted by Gasteiger charge is -2.41. The van der Waals surface area contributed by atoms with E-state index in [0.717, 1.165) is 31.8 Å². The number of ether oxygens (including phenoxy) is 2. The maximum absolute atomic E-state index is 13.8. The monoisotopic (exact) mass is 438 g/mol. The molecule has 0 radical (unpaired) electrons. The second-order valence-corrected chi connectivity index (χ2v) is 8.98. The van der Waals surface area contributed by atoms with Crippen molar-refractivity contribution >= 4 is 6.03 Å². The number of carbonyl (C=O) groups excluding carboxylic acids is 1. The number of carbonyl (C=O) groups is 1. The van der Waals surface area contributed by atoms with Gasteiger partial charge in [-0.3, -0.25) is 0 Å². The number of hydrogen-bond acceptors (Lipinski definition) is 4. The fraction of sp³-hybridized carbons (Fsp3) is 0.609. The molecule has 2 N–H and O–H groups in total. The first-order chi connectivity index (χ1) is 14.6. The fourth-order valence-electron chi connectivity index (χ4n) is 4.07. The van der Waals surface area contributed by atoms with Crippen LogP contribution in [0, 0.1) is 5.92 Å². The van der Waals surface area contributed by atoms with E-state index in [0.29, 0.717) is 13.1 Å². The van der Waals surface area contributed by atoms with Crippen molar-refractivity contribution in [2.24, 2.45) is 5.92 Å². The Morgan fingerprint density at radius 1 is 1.23 bits per heavy atom. The standard InChI is InChI=1S/C23H32F2N2O4/c1-4-13-23(24,25)31-20-8-6-5-7-19(20)30-18-14-27(15-18)21(28)26-17-11-9-16(10-12-17)22(2,3)29/h4-8,16-18,29H,1,9-15H2,2-3H3,(H,26,28)/t16-,17-. The minimum Gasteiger partial charge on any atom is -0.483 e. The Labute approximate surface area is 182 Å². The van der Waals surface area contributed by atoms with Gasteiger partial charge in [0.05, 0.1) is 25.1 Å². The highest BCUT2D eigenvalue weighted by molar-refractivity contribution is 5.75. The lowest BCUT2D eigenvalue weighted by Crippen LogP contribution is -2.60. The summed E-state index contributed by atoms with van der Waals surface area (Å²) in [6, 6.07) is 6.24. The molecule has 0 atom stereocenters. The molecule has 1 aliphatic heterocycles. The van der Waals surface area contributed by atoms with Crippen LogP contribution in [0.2, 0.25) is 0 Å². The number of aliphatic hydroxyl groups is 1. The molecule has 172 valence electrons. The summed E-state index contributed by atoms with van der Waals surface area (Å²) < 4.78 is 38.2. The van der Waals surface area contributed by atoms with E-state index in [2.05, 4.69) is 11.9 Å². The average Bonchev–Trinajstić information content (AvgIpc) is 2.64. The van der Waals surface area contributed by atoms with Crippen molar-refractivity contribution < 1.29 is 28.2 Å². The van der Waals surface area contributed by atoms with Gasteiger partial charge in [-0.2, -0.15) is 8.78 Å². The molecule has 8 heteroatoms. The van der Waals surface area contributed by atoms with Crippen molar-refractivity contribution in [1.82, 2.24) is 10.2 Å². The molecule has 0 spiro atoms. The molecule has 1 aliphatic carbocycles. The quantitative estimate of drug-likeness (QED) is 0.593. The second-order valence-electron chi connectivity index (χ2n) is 8.98. The van der Waals surface area contributed by atoms with Crippen LogP contribution in [0.5, 0.6) is 11.5 Å². The third kappa shape index (κ3) is 6.32. The molecule has 1 saturated heterocycles. The average molecular weight is 439 g/mol. The lowest BCUT2D eigenvalue weighted by atomic mass is 9.77. The highest BCUT2D eigenvalue weighted by Gasteiger charge is 2.37. The van der Waals surface area contributed by atoms with E-state index in [9.17, 15) is 18.7 Å². The zero-order chi connectivity index (χ0) is 22.6. The van der Waals surface area contributed by atoms with Crippen LogP contribution in [-0.2, 0) is 0 Å². The molecule has 6 nitrogen and oxygen atoms in total. The van der Waals surface area contributed by atoms with E-state index in [-0.39, 0.29) is 35.6 Å². The summed E-state index contributed by atoms with van der Waals surface area (Å²) in [6.45, 7) is 7.74. The third-order valence-corrected chi connectivity index (χ3v) is 5.97. The van der Waals surface area contributed by atoms with Crippen LogP contribution in [-0.4, -0.2) is 53.0 Å². The number of alkyl halides is 2. The van der Waals surface area contributed by atoms with E-state index in [1.807, 2.05) is 13.8 Å². The Morgan fingerprint density at radius 2 is 1.84 bits per heavy atom. The lowest BCUT2D eigenvalue weighted by molar-refractivity contribution is -0.173. The Balaban J connectivity index is 1.45. The smallest absolute Gasteiger partial charge is 0.401 e. The number of halogens is 2. The van der Waals surface area contributed by atoms with E-state index in [1.54, 1.807) is 23.1 Å². The van der Waals surface area contributed by atoms with Gasteiger partial charge in [0.1, 0.15) is 6.10 Å². The molecule has 1 heterocycles. The number of nitrogens with zero attached hydrogens (tertiary/aromatic N) is 1. The number of nitrogens with one attached hydrogen (secondary N) is 1. The van der Waals surface area contributed by atoms with Crippen LogP contribution in [0.3, 0.4) is 0 Å². The van der Waals surface area contributed by atoms with Gasteiger partial charge >= 0.3 is 12.1 Å². The van der Waals surface area contributed by atoms with Gasteiger partial charge in [-0.1, -0.05) is 18.2 Å². The molecular formula is C23H32F2N2O4. The van der Waals surface area contributed by atoms with E-state index in [1.165, 1.54) is 6.07 Å². The van der Waals surface area contributed by atoms with Crippen molar-refractivity contribution in [3.63, 3.8) is 0 Å². The zero-order valence-corrected chi connectivity index (χ0v) is 18.2. The maximum Gasteiger partial charge on any atom is 0.401 e. The fourth-order valence-corrected chi connectivity index (χ4v) is 4.07. The molecule has 1 saturated carbocycles. The van der Waals surface area contributed by atoms with Crippen LogP contribution < -0.4 is 14.8 Å². The minimum atomic E-state index is -3.36. The molecule has 0 aromatic heterocycles. The highest BCUT2D eigenvalue weighted by atomic mass is 19.3. The molecule has 3 rings (SSSR count). The Hall–Kier alpha value is -2.35. The van der Waals surface area contributed by atoms with E-state index < -0.39 is 18.1 Å². The molecule has 1 aromatic carbocycles. The summed E-state index contributed by atoms with van der Waals surface area (Å²) in [6.07, 6.45) is 0.307. The van der Waals surface area contributed by atoms with Crippen LogP contribution in [0.15, 0.2) is 36.9 Å². The summed E-state index contributed by atoms with van der Waals surface area (Å²) in [5.74, 6) is 0.436. The molecule has 2 amide bonds. The van der Waals surface area contributed by atoms with Crippen molar-refractivity contribution in [2.75, 3.05) is 13.1 Å². The summed E-state index contributed by atoms with van der Waals surface area (Å²) in [7, 11) is 0. The number of benzene rings is 1. The van der Waals surface area contributed by atoms with Gasteiger partial charge in [-0.15, -0.1) is 6.58 Å².